The van der Waals surface area contributed by atoms with Crippen LogP contribution in [0.25, 0.3) is 0 Å². The Morgan fingerprint density at radius 3 is 2.90 bits per heavy atom. The van der Waals surface area contributed by atoms with Gasteiger partial charge < -0.3 is 5.73 Å². The van der Waals surface area contributed by atoms with Gasteiger partial charge in [-0.3, -0.25) is 0 Å². The Morgan fingerprint density at radius 1 is 1.50 bits per heavy atom. The van der Waals surface area contributed by atoms with Gasteiger partial charge in [-0.05, 0) is 30.9 Å². The molecule has 1 atom stereocenters. The predicted octanol–water partition coefficient (Wildman–Crippen LogP) is 2.13. The minimum Gasteiger partial charge on any atom is -0.389 e. The van der Waals surface area contributed by atoms with E-state index < -0.39 is 10.0 Å². The van der Waals surface area contributed by atoms with Gasteiger partial charge in [0.25, 0.3) is 0 Å². The van der Waals surface area contributed by atoms with E-state index in [9.17, 15) is 8.42 Å². The van der Waals surface area contributed by atoms with Gasteiger partial charge in [-0.2, -0.15) is 4.31 Å². The highest BCUT2D eigenvalue weighted by atomic mass is 32.2. The lowest BCUT2D eigenvalue weighted by Gasteiger charge is -2.31. The van der Waals surface area contributed by atoms with Crippen LogP contribution in [0.3, 0.4) is 0 Å². The second-order valence-corrected chi connectivity index (χ2v) is 7.55. The summed E-state index contributed by atoms with van der Waals surface area (Å²) < 4.78 is 26.9. The average molecular weight is 312 g/mol. The molecule has 0 bridgehead atoms. The molecule has 1 unspecified atom stereocenters. The van der Waals surface area contributed by atoms with Crippen molar-refractivity contribution in [2.24, 2.45) is 11.7 Å². The summed E-state index contributed by atoms with van der Waals surface area (Å²) in [6, 6.07) is 6.58. The summed E-state index contributed by atoms with van der Waals surface area (Å²) in [5, 5.41) is 0. The van der Waals surface area contributed by atoms with Crippen molar-refractivity contribution in [1.29, 1.82) is 0 Å². The highest BCUT2D eigenvalue weighted by Crippen LogP contribution is 2.25. The van der Waals surface area contributed by atoms with Gasteiger partial charge in [0.15, 0.2) is 0 Å². The molecular weight excluding hydrogens is 292 g/mol. The summed E-state index contributed by atoms with van der Waals surface area (Å²) in [7, 11) is -3.44. The first-order chi connectivity index (χ1) is 9.45. The van der Waals surface area contributed by atoms with Crippen molar-refractivity contribution in [3.8, 4) is 0 Å². The highest BCUT2D eigenvalue weighted by molar-refractivity contribution is 7.89. The summed E-state index contributed by atoms with van der Waals surface area (Å²) in [6.07, 6.45) is 3.04. The van der Waals surface area contributed by atoms with Crippen LogP contribution in [0, 0.1) is 5.92 Å². The number of hydrogen-bond donors (Lipinski definition) is 1. The molecule has 1 aromatic carbocycles. The van der Waals surface area contributed by atoms with Crippen LogP contribution in [-0.2, 0) is 10.0 Å². The molecule has 0 saturated carbocycles. The molecule has 110 valence electrons. The van der Waals surface area contributed by atoms with Crippen molar-refractivity contribution >= 4 is 27.2 Å². The molecule has 2 N–H and O–H groups in total. The summed E-state index contributed by atoms with van der Waals surface area (Å²) in [6.45, 7) is 3.31. The molecule has 0 radical (unpaired) electrons. The van der Waals surface area contributed by atoms with Crippen LogP contribution < -0.4 is 5.73 Å². The first-order valence-corrected chi connectivity index (χ1v) is 8.70. The van der Waals surface area contributed by atoms with Crippen LogP contribution in [0.1, 0.15) is 31.7 Å². The fourth-order valence-corrected chi connectivity index (χ4v) is 4.27. The van der Waals surface area contributed by atoms with Crippen molar-refractivity contribution in [2.45, 2.75) is 31.1 Å². The van der Waals surface area contributed by atoms with E-state index in [1.54, 1.807) is 28.6 Å². The lowest BCUT2D eigenvalue weighted by Crippen LogP contribution is -2.39. The third-order valence-corrected chi connectivity index (χ3v) is 5.91. The van der Waals surface area contributed by atoms with Gasteiger partial charge in [0.05, 0.1) is 4.90 Å². The minimum absolute atomic E-state index is 0.215. The zero-order valence-electron chi connectivity index (χ0n) is 11.6. The Morgan fingerprint density at radius 2 is 2.25 bits per heavy atom. The van der Waals surface area contributed by atoms with Gasteiger partial charge in [0.1, 0.15) is 4.99 Å². The molecule has 1 fully saturated rings. The van der Waals surface area contributed by atoms with Crippen molar-refractivity contribution in [3.63, 3.8) is 0 Å². The molecule has 0 aliphatic carbocycles. The van der Waals surface area contributed by atoms with Crippen LogP contribution in [0.2, 0.25) is 0 Å². The maximum absolute atomic E-state index is 12.7. The summed E-state index contributed by atoms with van der Waals surface area (Å²) in [5.74, 6) is 0.456. The minimum atomic E-state index is -3.44. The smallest absolute Gasteiger partial charge is 0.243 e. The number of benzene rings is 1. The van der Waals surface area contributed by atoms with Gasteiger partial charge in [0.2, 0.25) is 10.0 Å². The third kappa shape index (κ3) is 3.19. The summed E-state index contributed by atoms with van der Waals surface area (Å²) >= 11 is 4.91. The Bertz CT molecular complexity index is 599. The standard InChI is InChI=1S/C14H20N2O2S2/c1-2-11-5-4-8-16(10-11)20(17,18)13-7-3-6-12(9-13)14(15)19/h3,6-7,9,11H,2,4-5,8,10H2,1H3,(H2,15,19). The van der Waals surface area contributed by atoms with Crippen molar-refractivity contribution < 1.29 is 8.42 Å². The van der Waals surface area contributed by atoms with Gasteiger partial charge in [0, 0.05) is 18.7 Å². The molecule has 1 aliphatic heterocycles. The number of nitrogens with zero attached hydrogens (tertiary/aromatic N) is 1. The maximum Gasteiger partial charge on any atom is 0.243 e. The topological polar surface area (TPSA) is 63.4 Å². The Labute approximate surface area is 126 Å². The van der Waals surface area contributed by atoms with E-state index in [2.05, 4.69) is 6.92 Å². The third-order valence-electron chi connectivity index (χ3n) is 3.82. The van der Waals surface area contributed by atoms with Crippen molar-refractivity contribution in [3.05, 3.63) is 29.8 Å². The first-order valence-electron chi connectivity index (χ1n) is 6.85. The molecule has 1 aromatic rings. The lowest BCUT2D eigenvalue weighted by molar-refractivity contribution is 0.261. The van der Waals surface area contributed by atoms with E-state index in [1.807, 2.05) is 0 Å². The molecule has 0 spiro atoms. The molecule has 6 heteroatoms. The van der Waals surface area contributed by atoms with Crippen LogP contribution >= 0.6 is 12.2 Å². The fourth-order valence-electron chi connectivity index (χ4n) is 2.54. The Kier molecular flexibility index (Phi) is 4.78. The van der Waals surface area contributed by atoms with Gasteiger partial charge in [-0.25, -0.2) is 8.42 Å². The number of thiocarbonyl (C=S) groups is 1. The van der Waals surface area contributed by atoms with Crippen molar-refractivity contribution in [2.75, 3.05) is 13.1 Å². The number of hydrogen-bond acceptors (Lipinski definition) is 3. The fraction of sp³-hybridized carbons (Fsp3) is 0.500. The Balaban J connectivity index is 2.30. The second kappa shape index (κ2) is 6.20. The van der Waals surface area contributed by atoms with Crippen LogP contribution in [-0.4, -0.2) is 30.8 Å². The van der Waals surface area contributed by atoms with Crippen LogP contribution in [0.5, 0.6) is 0 Å². The summed E-state index contributed by atoms with van der Waals surface area (Å²) in [4.78, 5) is 0.492. The first kappa shape index (κ1) is 15.4. The number of sulfonamides is 1. The second-order valence-electron chi connectivity index (χ2n) is 5.17. The lowest BCUT2D eigenvalue weighted by atomic mass is 9.97. The number of piperidine rings is 1. The highest BCUT2D eigenvalue weighted by Gasteiger charge is 2.29. The van der Waals surface area contributed by atoms with Gasteiger partial charge in [-0.1, -0.05) is 37.7 Å². The Hall–Kier alpha value is -0.980. The average Bonchev–Trinajstić information content (AvgIpc) is 2.47. The van der Waals surface area contributed by atoms with E-state index in [0.717, 1.165) is 19.3 Å². The van der Waals surface area contributed by atoms with E-state index in [1.165, 1.54) is 0 Å². The molecule has 1 saturated heterocycles. The number of rotatable bonds is 4. The predicted molar refractivity (Wildman–Crippen MR) is 84.1 cm³/mol. The van der Waals surface area contributed by atoms with Crippen LogP contribution in [0.15, 0.2) is 29.2 Å². The normalized spacial score (nSPS) is 20.8. The van der Waals surface area contributed by atoms with Crippen molar-refractivity contribution in [1.82, 2.24) is 4.31 Å². The molecule has 1 aliphatic rings. The molecule has 0 amide bonds. The largest absolute Gasteiger partial charge is 0.389 e. The van der Waals surface area contributed by atoms with E-state index in [-0.39, 0.29) is 9.88 Å². The summed E-state index contributed by atoms with van der Waals surface area (Å²) in [5.41, 5.74) is 6.16. The zero-order valence-corrected chi connectivity index (χ0v) is 13.2. The SMILES string of the molecule is CCC1CCCN(S(=O)(=O)c2cccc(C(N)=S)c2)C1. The monoisotopic (exact) mass is 312 g/mol. The van der Waals surface area contributed by atoms with Crippen LogP contribution in [0.4, 0.5) is 0 Å². The molecule has 1 heterocycles. The van der Waals surface area contributed by atoms with Gasteiger partial charge >= 0.3 is 0 Å². The van der Waals surface area contributed by atoms with E-state index in [0.29, 0.717) is 24.6 Å². The molecule has 0 aromatic heterocycles. The number of nitrogens with two attached hydrogens (primary N) is 1. The molecular formula is C14H20N2O2S2. The van der Waals surface area contributed by atoms with E-state index in [4.69, 9.17) is 18.0 Å². The zero-order chi connectivity index (χ0) is 14.8. The molecule has 20 heavy (non-hydrogen) atoms. The maximum atomic E-state index is 12.7. The molecule has 2 rings (SSSR count). The molecule has 4 nitrogen and oxygen atoms in total. The van der Waals surface area contributed by atoms with Gasteiger partial charge in [-0.15, -0.1) is 0 Å². The quantitative estimate of drug-likeness (QED) is 0.865. The van der Waals surface area contributed by atoms with E-state index >= 15 is 0 Å².